The van der Waals surface area contributed by atoms with Crippen LogP contribution in [0.2, 0.25) is 0 Å². The van der Waals surface area contributed by atoms with E-state index in [9.17, 15) is 9.90 Å². The summed E-state index contributed by atoms with van der Waals surface area (Å²) in [6, 6.07) is 8.72. The Morgan fingerprint density at radius 1 is 1.30 bits per heavy atom. The topological polar surface area (TPSA) is 88.1 Å². The summed E-state index contributed by atoms with van der Waals surface area (Å²) in [6.07, 6.45) is 4.90. The van der Waals surface area contributed by atoms with Crippen molar-refractivity contribution < 1.29 is 9.84 Å². The minimum Gasteiger partial charge on any atom is -0.491 e. The maximum Gasteiger partial charge on any atom is 0.262 e. The zero-order valence-electron chi connectivity index (χ0n) is 14.7. The molecule has 0 saturated carbocycles. The predicted molar refractivity (Wildman–Crippen MR) is 103 cm³/mol. The van der Waals surface area contributed by atoms with Crippen molar-refractivity contribution in [2.75, 3.05) is 6.61 Å². The summed E-state index contributed by atoms with van der Waals surface area (Å²) in [6.45, 7) is 0.181. The molecule has 0 amide bonds. The second-order valence-corrected chi connectivity index (χ2v) is 7.78. The van der Waals surface area contributed by atoms with Gasteiger partial charge in [0.2, 0.25) is 0 Å². The molecule has 7 heteroatoms. The Kier molecular flexibility index (Phi) is 4.92. The van der Waals surface area contributed by atoms with E-state index in [1.807, 2.05) is 6.07 Å². The first-order valence-corrected chi connectivity index (χ1v) is 9.78. The lowest BCUT2D eigenvalue weighted by Gasteiger charge is -2.14. The third kappa shape index (κ3) is 3.59. The lowest BCUT2D eigenvalue weighted by Crippen LogP contribution is -2.30. The Morgan fingerprint density at radius 2 is 2.07 bits per heavy atom. The summed E-state index contributed by atoms with van der Waals surface area (Å²) < 4.78 is 7.02. The summed E-state index contributed by atoms with van der Waals surface area (Å²) in [4.78, 5) is 19.4. The Bertz CT molecular complexity index is 1060. The fourth-order valence-corrected chi connectivity index (χ4v) is 4.63. The van der Waals surface area contributed by atoms with Crippen molar-refractivity contribution in [2.45, 2.75) is 38.3 Å². The number of fused-ring (bicyclic) bond motifs is 3. The van der Waals surface area contributed by atoms with Gasteiger partial charge in [0.15, 0.2) is 0 Å². The largest absolute Gasteiger partial charge is 0.491 e. The summed E-state index contributed by atoms with van der Waals surface area (Å²) in [5.41, 5.74) is 1.61. The zero-order chi connectivity index (χ0) is 18.8. The minimum atomic E-state index is -0.841. The highest BCUT2D eigenvalue weighted by molar-refractivity contribution is 7.18. The molecule has 2 heterocycles. The molecule has 1 aliphatic rings. The van der Waals surface area contributed by atoms with Gasteiger partial charge in [-0.05, 0) is 55.5 Å². The Balaban J connectivity index is 1.48. The summed E-state index contributed by atoms with van der Waals surface area (Å²) in [5, 5.41) is 19.8. The third-order valence-electron chi connectivity index (χ3n) is 4.78. The van der Waals surface area contributed by atoms with Gasteiger partial charge in [-0.3, -0.25) is 9.36 Å². The molecule has 3 aromatic rings. The average Bonchev–Trinajstić information content (AvgIpc) is 3.08. The molecule has 0 saturated heterocycles. The molecule has 0 bridgehead atoms. The highest BCUT2D eigenvalue weighted by atomic mass is 32.1. The van der Waals surface area contributed by atoms with Crippen LogP contribution in [0.4, 0.5) is 0 Å². The molecule has 2 aromatic heterocycles. The smallest absolute Gasteiger partial charge is 0.262 e. The van der Waals surface area contributed by atoms with E-state index in [0.717, 1.165) is 35.0 Å². The van der Waals surface area contributed by atoms with Gasteiger partial charge in [0, 0.05) is 4.88 Å². The van der Waals surface area contributed by atoms with Gasteiger partial charge in [-0.1, -0.05) is 0 Å². The van der Waals surface area contributed by atoms with Crippen molar-refractivity contribution in [3.8, 4) is 11.8 Å². The molecule has 0 radical (unpaired) electrons. The van der Waals surface area contributed by atoms with Crippen LogP contribution in [0.1, 0.15) is 28.8 Å². The molecule has 6 nitrogen and oxygen atoms in total. The molecular formula is C20H19N3O3S. The van der Waals surface area contributed by atoms with Gasteiger partial charge in [0.1, 0.15) is 23.3 Å². The van der Waals surface area contributed by atoms with E-state index in [0.29, 0.717) is 11.3 Å². The quantitative estimate of drug-likeness (QED) is 0.734. The molecular weight excluding hydrogens is 362 g/mol. The van der Waals surface area contributed by atoms with Crippen LogP contribution in [0.25, 0.3) is 10.2 Å². The number of aliphatic hydroxyl groups excluding tert-OH is 1. The Hall–Kier alpha value is -2.69. The number of aryl methyl sites for hydroxylation is 2. The van der Waals surface area contributed by atoms with Crippen LogP contribution >= 0.6 is 11.3 Å². The van der Waals surface area contributed by atoms with Gasteiger partial charge in [-0.25, -0.2) is 4.98 Å². The third-order valence-corrected chi connectivity index (χ3v) is 5.97. The van der Waals surface area contributed by atoms with Crippen LogP contribution in [0.15, 0.2) is 35.4 Å². The van der Waals surface area contributed by atoms with E-state index in [1.165, 1.54) is 22.2 Å². The van der Waals surface area contributed by atoms with E-state index >= 15 is 0 Å². The number of rotatable bonds is 5. The van der Waals surface area contributed by atoms with Gasteiger partial charge in [0.05, 0.1) is 29.9 Å². The number of nitrogens with zero attached hydrogens (tertiary/aromatic N) is 3. The first kappa shape index (κ1) is 17.7. The number of aromatic nitrogens is 2. The van der Waals surface area contributed by atoms with Crippen molar-refractivity contribution in [3.63, 3.8) is 0 Å². The van der Waals surface area contributed by atoms with E-state index in [1.54, 1.807) is 35.6 Å². The molecule has 1 aliphatic carbocycles. The molecule has 0 spiro atoms. The first-order valence-electron chi connectivity index (χ1n) is 8.96. The van der Waals surface area contributed by atoms with Gasteiger partial charge in [0.25, 0.3) is 5.56 Å². The Morgan fingerprint density at radius 3 is 2.85 bits per heavy atom. The highest BCUT2D eigenvalue weighted by Crippen LogP contribution is 2.33. The van der Waals surface area contributed by atoms with Crippen molar-refractivity contribution in [2.24, 2.45) is 0 Å². The number of thiophene rings is 1. The average molecular weight is 381 g/mol. The van der Waals surface area contributed by atoms with Crippen molar-refractivity contribution in [3.05, 3.63) is 57.0 Å². The van der Waals surface area contributed by atoms with Crippen LogP contribution < -0.4 is 10.3 Å². The molecule has 0 fully saturated rings. The predicted octanol–water partition coefficient (Wildman–Crippen LogP) is 2.65. The maximum absolute atomic E-state index is 12.9. The van der Waals surface area contributed by atoms with Gasteiger partial charge in [-0.15, -0.1) is 11.3 Å². The van der Waals surface area contributed by atoms with Gasteiger partial charge < -0.3 is 9.84 Å². The maximum atomic E-state index is 12.9. The van der Waals surface area contributed by atoms with E-state index in [2.05, 4.69) is 4.98 Å². The Labute approximate surface area is 160 Å². The highest BCUT2D eigenvalue weighted by Gasteiger charge is 2.20. The number of nitriles is 1. The number of aliphatic hydroxyl groups is 1. The second-order valence-electron chi connectivity index (χ2n) is 6.69. The normalized spacial score (nSPS) is 14.5. The number of hydrogen-bond acceptors (Lipinski definition) is 6. The van der Waals surface area contributed by atoms with E-state index in [4.69, 9.17) is 10.00 Å². The van der Waals surface area contributed by atoms with E-state index < -0.39 is 6.10 Å². The molecule has 0 unspecified atom stereocenters. The minimum absolute atomic E-state index is 0.0537. The summed E-state index contributed by atoms with van der Waals surface area (Å²) in [5.74, 6) is 0.570. The van der Waals surface area contributed by atoms with Crippen molar-refractivity contribution in [1.82, 2.24) is 9.55 Å². The van der Waals surface area contributed by atoms with Crippen molar-refractivity contribution in [1.29, 1.82) is 5.26 Å². The fourth-order valence-electron chi connectivity index (χ4n) is 3.41. The standard InChI is InChI=1S/C20H19N3O3S/c21-9-13-5-7-15(8-6-13)26-11-14(24)10-23-12-22-19-18(20(23)25)16-3-1-2-4-17(16)27-19/h5-8,12,14,24H,1-4,10-11H2/t14-/m0/s1. The number of hydrogen-bond donors (Lipinski definition) is 1. The first-order chi connectivity index (χ1) is 13.2. The lowest BCUT2D eigenvalue weighted by molar-refractivity contribution is 0.0915. The number of ether oxygens (including phenoxy) is 1. The summed E-state index contributed by atoms with van der Waals surface area (Å²) in [7, 11) is 0. The molecule has 27 heavy (non-hydrogen) atoms. The molecule has 138 valence electrons. The summed E-state index contributed by atoms with van der Waals surface area (Å²) >= 11 is 1.62. The van der Waals surface area contributed by atoms with Crippen LogP contribution in [0, 0.1) is 11.3 Å². The molecule has 4 rings (SSSR count). The SMILES string of the molecule is N#Cc1ccc(OC[C@@H](O)Cn2cnc3sc4c(c3c2=O)CCCC4)cc1. The molecule has 0 aliphatic heterocycles. The molecule has 1 atom stereocenters. The van der Waals surface area contributed by atoms with E-state index in [-0.39, 0.29) is 18.7 Å². The lowest BCUT2D eigenvalue weighted by atomic mass is 9.97. The van der Waals surface area contributed by atoms with Crippen LogP contribution in [0.3, 0.4) is 0 Å². The zero-order valence-corrected chi connectivity index (χ0v) is 15.5. The van der Waals surface area contributed by atoms with Gasteiger partial charge in [-0.2, -0.15) is 5.26 Å². The monoisotopic (exact) mass is 381 g/mol. The molecule has 1 aromatic carbocycles. The van der Waals surface area contributed by atoms with Crippen LogP contribution in [-0.4, -0.2) is 27.4 Å². The second kappa shape index (κ2) is 7.51. The van der Waals surface area contributed by atoms with Crippen LogP contribution in [0.5, 0.6) is 5.75 Å². The molecule has 1 N–H and O–H groups in total. The van der Waals surface area contributed by atoms with Crippen molar-refractivity contribution >= 4 is 21.6 Å². The van der Waals surface area contributed by atoms with Gasteiger partial charge >= 0.3 is 0 Å². The fraction of sp³-hybridized carbons (Fsp3) is 0.350. The number of benzene rings is 1. The van der Waals surface area contributed by atoms with Crippen LogP contribution in [-0.2, 0) is 19.4 Å².